The van der Waals surface area contributed by atoms with E-state index in [4.69, 9.17) is 9.79 Å². The smallest absolute Gasteiger partial charge is 0.427 e. The normalized spacial score (nSPS) is 12.8. The molecule has 0 saturated heterocycles. The van der Waals surface area contributed by atoms with Crippen molar-refractivity contribution in [2.45, 2.75) is 25.7 Å². The van der Waals surface area contributed by atoms with Gasteiger partial charge in [-0.1, -0.05) is 25.1 Å². The van der Waals surface area contributed by atoms with Crippen LogP contribution in [0.3, 0.4) is 0 Å². The first-order chi connectivity index (χ1) is 10.8. The first-order valence-electron chi connectivity index (χ1n) is 7.23. The number of nitrogens with one attached hydrogen (secondary N) is 1. The summed E-state index contributed by atoms with van der Waals surface area (Å²) in [7, 11) is -4.46. The van der Waals surface area contributed by atoms with E-state index < -0.39 is 7.75 Å². The van der Waals surface area contributed by atoms with Crippen molar-refractivity contribution in [2.24, 2.45) is 0 Å². The van der Waals surface area contributed by atoms with Crippen LogP contribution >= 0.6 is 7.75 Å². The van der Waals surface area contributed by atoms with Crippen LogP contribution in [0.4, 0.5) is 5.69 Å². The molecule has 0 bridgehead atoms. The lowest BCUT2D eigenvalue weighted by molar-refractivity contribution is 0.380. The van der Waals surface area contributed by atoms with Gasteiger partial charge in [0.15, 0.2) is 0 Å². The van der Waals surface area contributed by atoms with Crippen LogP contribution in [0.25, 0.3) is 0 Å². The Bertz CT molecular complexity index is 711. The third kappa shape index (κ3) is 4.73. The van der Waals surface area contributed by atoms with E-state index in [-0.39, 0.29) is 23.1 Å². The second kappa shape index (κ2) is 7.04. The molecule has 1 atom stereocenters. The van der Waals surface area contributed by atoms with E-state index >= 15 is 0 Å². The topological polar surface area (TPSA) is 110 Å². The molecule has 0 aliphatic rings. The molecular formula is C16H20NO5P. The van der Waals surface area contributed by atoms with E-state index in [0.717, 1.165) is 12.0 Å². The molecule has 0 saturated carbocycles. The number of anilines is 1. The first-order valence-corrected chi connectivity index (χ1v) is 8.85. The van der Waals surface area contributed by atoms with Gasteiger partial charge < -0.3 is 20.0 Å². The lowest BCUT2D eigenvalue weighted by Gasteiger charge is -2.20. The number of hydrogen-bond donors (Lipinski definition) is 5. The van der Waals surface area contributed by atoms with Gasteiger partial charge in [0, 0.05) is 5.56 Å². The predicted molar refractivity (Wildman–Crippen MR) is 88.6 cm³/mol. The number of rotatable bonds is 6. The summed E-state index contributed by atoms with van der Waals surface area (Å²) in [5.41, 5.74) is 1.65. The average molecular weight is 337 g/mol. The molecule has 0 fully saturated rings. The maximum Gasteiger partial charge on any atom is 0.427 e. The van der Waals surface area contributed by atoms with Crippen LogP contribution in [-0.2, 0) is 11.0 Å². The summed E-state index contributed by atoms with van der Waals surface area (Å²) in [6.07, 6.45) is 1.19. The zero-order valence-corrected chi connectivity index (χ0v) is 13.6. The van der Waals surface area contributed by atoms with E-state index in [0.29, 0.717) is 12.0 Å². The zero-order chi connectivity index (χ0) is 17.0. The van der Waals surface area contributed by atoms with Crippen molar-refractivity contribution in [1.82, 2.24) is 0 Å². The fourth-order valence-electron chi connectivity index (χ4n) is 2.54. The minimum absolute atomic E-state index is 0.0133. The minimum atomic E-state index is -4.46. The monoisotopic (exact) mass is 337 g/mol. The molecule has 0 radical (unpaired) electrons. The number of hydrogen-bond acceptors (Lipinski definition) is 3. The van der Waals surface area contributed by atoms with Gasteiger partial charge in [-0.15, -0.1) is 0 Å². The number of benzene rings is 2. The van der Waals surface area contributed by atoms with Gasteiger partial charge in [-0.3, -0.25) is 5.09 Å². The van der Waals surface area contributed by atoms with E-state index in [9.17, 15) is 14.8 Å². The lowest BCUT2D eigenvalue weighted by atomic mass is 9.89. The van der Waals surface area contributed by atoms with Gasteiger partial charge in [0.2, 0.25) is 0 Å². The summed E-state index contributed by atoms with van der Waals surface area (Å²) in [6.45, 7) is 1.99. The molecule has 0 aromatic heterocycles. The van der Waals surface area contributed by atoms with Gasteiger partial charge in [-0.25, -0.2) is 4.57 Å². The average Bonchev–Trinajstić information content (AvgIpc) is 2.47. The Hall–Kier alpha value is -2.01. The van der Waals surface area contributed by atoms with E-state index in [2.05, 4.69) is 5.09 Å². The molecule has 2 rings (SSSR count). The Morgan fingerprint density at radius 2 is 1.74 bits per heavy atom. The van der Waals surface area contributed by atoms with Gasteiger partial charge in [0.05, 0.1) is 5.69 Å². The van der Waals surface area contributed by atoms with E-state index in [1.54, 1.807) is 24.3 Å². The Labute approximate surface area is 134 Å². The summed E-state index contributed by atoms with van der Waals surface area (Å²) in [6, 6.07) is 11.3. The maximum absolute atomic E-state index is 11.2. The lowest BCUT2D eigenvalue weighted by Crippen LogP contribution is -2.06. The standard InChI is InChI=1S/C16H20NO5P/c1-2-11(12-6-8-13(18)9-7-12)10-14-15(17-23(20,21)22)4-3-5-16(14)19/h3-9,11,18-19H,2,10H2,1H3,(H3,17,20,21,22). The highest BCUT2D eigenvalue weighted by molar-refractivity contribution is 7.53. The summed E-state index contributed by atoms with van der Waals surface area (Å²) in [5.74, 6) is 0.205. The van der Waals surface area contributed by atoms with Gasteiger partial charge >= 0.3 is 7.75 Å². The molecule has 7 heteroatoms. The van der Waals surface area contributed by atoms with E-state index in [1.807, 2.05) is 6.92 Å². The van der Waals surface area contributed by atoms with E-state index in [1.165, 1.54) is 18.2 Å². The third-order valence-electron chi connectivity index (χ3n) is 3.73. The van der Waals surface area contributed by atoms with Gasteiger partial charge in [0.1, 0.15) is 11.5 Å². The van der Waals surface area contributed by atoms with Gasteiger partial charge in [0.25, 0.3) is 0 Å². The van der Waals surface area contributed by atoms with Crippen LogP contribution in [0.2, 0.25) is 0 Å². The quantitative estimate of drug-likeness (QED) is 0.517. The van der Waals surface area contributed by atoms with Gasteiger partial charge in [-0.2, -0.15) is 0 Å². The summed E-state index contributed by atoms with van der Waals surface area (Å²) < 4.78 is 11.2. The molecule has 0 heterocycles. The molecule has 6 nitrogen and oxygen atoms in total. The Balaban J connectivity index is 2.33. The van der Waals surface area contributed by atoms with Crippen molar-refractivity contribution in [1.29, 1.82) is 0 Å². The second-order valence-corrected chi connectivity index (χ2v) is 6.67. The predicted octanol–water partition coefficient (Wildman–Crippen LogP) is 3.34. The van der Waals surface area contributed by atoms with Crippen molar-refractivity contribution in [3.63, 3.8) is 0 Å². The van der Waals surface area contributed by atoms with Crippen molar-refractivity contribution in [3.05, 3.63) is 53.6 Å². The highest BCUT2D eigenvalue weighted by Gasteiger charge is 2.20. The fourth-order valence-corrected chi connectivity index (χ4v) is 3.06. The summed E-state index contributed by atoms with van der Waals surface area (Å²) in [5, 5.41) is 21.6. The highest BCUT2D eigenvalue weighted by atomic mass is 31.2. The molecule has 0 aliphatic carbocycles. The SMILES string of the molecule is CCC(Cc1c(O)cccc1NP(=O)(O)O)c1ccc(O)cc1. The van der Waals surface area contributed by atoms with Crippen LogP contribution in [0, 0.1) is 0 Å². The fraction of sp³-hybridized carbons (Fsp3) is 0.250. The number of phenols is 2. The highest BCUT2D eigenvalue weighted by Crippen LogP contribution is 2.40. The molecule has 124 valence electrons. The molecular weight excluding hydrogens is 317 g/mol. The Morgan fingerprint density at radius 3 is 2.30 bits per heavy atom. The van der Waals surface area contributed by atoms with Crippen molar-refractivity contribution >= 4 is 13.4 Å². The van der Waals surface area contributed by atoms with Crippen molar-refractivity contribution in [3.8, 4) is 11.5 Å². The van der Waals surface area contributed by atoms with Crippen LogP contribution < -0.4 is 5.09 Å². The summed E-state index contributed by atoms with van der Waals surface area (Å²) >= 11 is 0. The van der Waals surface area contributed by atoms with Gasteiger partial charge in [-0.05, 0) is 48.6 Å². The maximum atomic E-state index is 11.2. The second-order valence-electron chi connectivity index (χ2n) is 5.36. The molecule has 2 aromatic rings. The molecule has 2 aromatic carbocycles. The zero-order valence-electron chi connectivity index (χ0n) is 12.7. The van der Waals surface area contributed by atoms with Crippen molar-refractivity contribution in [2.75, 3.05) is 5.09 Å². The first kappa shape index (κ1) is 17.3. The van der Waals surface area contributed by atoms with Crippen LogP contribution in [0.1, 0.15) is 30.4 Å². The minimum Gasteiger partial charge on any atom is -0.508 e. The number of phenolic OH excluding ortho intramolecular Hbond substituents is 2. The largest absolute Gasteiger partial charge is 0.508 e. The van der Waals surface area contributed by atoms with Crippen molar-refractivity contribution < 1.29 is 24.6 Å². The molecule has 23 heavy (non-hydrogen) atoms. The summed E-state index contributed by atoms with van der Waals surface area (Å²) in [4.78, 5) is 18.2. The molecule has 5 N–H and O–H groups in total. The number of aromatic hydroxyl groups is 2. The molecule has 0 amide bonds. The van der Waals surface area contributed by atoms with Crippen LogP contribution in [0.5, 0.6) is 11.5 Å². The molecule has 0 aliphatic heterocycles. The third-order valence-corrected chi connectivity index (χ3v) is 4.26. The van der Waals surface area contributed by atoms with Crippen LogP contribution in [0.15, 0.2) is 42.5 Å². The van der Waals surface area contributed by atoms with Crippen LogP contribution in [-0.4, -0.2) is 20.0 Å². The molecule has 1 unspecified atom stereocenters. The Kier molecular flexibility index (Phi) is 5.31. The Morgan fingerprint density at radius 1 is 1.09 bits per heavy atom. The molecule has 0 spiro atoms.